The minimum atomic E-state index is -0.440. The zero-order valence-corrected chi connectivity index (χ0v) is 19.0. The summed E-state index contributed by atoms with van der Waals surface area (Å²) in [4.78, 5) is 25.9. The quantitative estimate of drug-likeness (QED) is 0.304. The van der Waals surface area contributed by atoms with Crippen molar-refractivity contribution >= 4 is 17.9 Å². The molecule has 2 aromatic carbocycles. The maximum absolute atomic E-state index is 13.0. The van der Waals surface area contributed by atoms with E-state index in [4.69, 9.17) is 0 Å². The van der Waals surface area contributed by atoms with Crippen LogP contribution in [0.1, 0.15) is 28.1 Å². The summed E-state index contributed by atoms with van der Waals surface area (Å²) in [6.07, 6.45) is 2.89. The van der Waals surface area contributed by atoms with Gasteiger partial charge in [0.05, 0.1) is 0 Å². The van der Waals surface area contributed by atoms with Gasteiger partial charge in [0, 0.05) is 25.8 Å². The van der Waals surface area contributed by atoms with E-state index in [-0.39, 0.29) is 5.57 Å². The summed E-state index contributed by atoms with van der Waals surface area (Å²) in [7, 11) is 1.78. The number of aromatic nitrogens is 1. The van der Waals surface area contributed by atoms with E-state index in [1.54, 1.807) is 23.8 Å². The zero-order valence-electron chi connectivity index (χ0n) is 19.0. The average molecular weight is 441 g/mol. The van der Waals surface area contributed by atoms with Crippen LogP contribution in [0.3, 0.4) is 0 Å². The van der Waals surface area contributed by atoms with Crippen molar-refractivity contribution in [1.82, 2.24) is 15.2 Å². The highest BCUT2D eigenvalue weighted by molar-refractivity contribution is 6.21. The van der Waals surface area contributed by atoms with Crippen LogP contribution in [0.2, 0.25) is 0 Å². The molecule has 0 unspecified atom stereocenters. The first-order valence-electron chi connectivity index (χ1n) is 10.9. The topological polar surface area (TPSA) is 86.9 Å². The van der Waals surface area contributed by atoms with Crippen LogP contribution in [-0.4, -0.2) is 29.5 Å². The summed E-state index contributed by atoms with van der Waals surface area (Å²) in [5.41, 5.74) is 4.17. The molecule has 0 spiro atoms. The summed E-state index contributed by atoms with van der Waals surface area (Å²) in [6.45, 7) is 2.67. The maximum atomic E-state index is 13.0. The van der Waals surface area contributed by atoms with Crippen molar-refractivity contribution in [2.75, 3.05) is 13.1 Å². The monoisotopic (exact) mass is 440 g/mol. The lowest BCUT2D eigenvalue weighted by Crippen LogP contribution is -2.36. The van der Waals surface area contributed by atoms with Gasteiger partial charge in [-0.15, -0.1) is 0 Å². The maximum Gasteiger partial charge on any atom is 0.256 e. The molecule has 168 valence electrons. The number of carbonyl (C=O) groups excluding carboxylic acids is 2. The third kappa shape index (κ3) is 6.44. The third-order valence-electron chi connectivity index (χ3n) is 5.56. The second kappa shape index (κ2) is 11.5. The van der Waals surface area contributed by atoms with Crippen LogP contribution in [0.15, 0.2) is 72.3 Å². The number of hydrogen-bond donors (Lipinski definition) is 2. The summed E-state index contributed by atoms with van der Waals surface area (Å²) < 4.78 is 1.74. The molecule has 0 aliphatic carbocycles. The summed E-state index contributed by atoms with van der Waals surface area (Å²) in [5, 5.41) is 15.0. The molecule has 33 heavy (non-hydrogen) atoms. The van der Waals surface area contributed by atoms with Crippen LogP contribution in [0.4, 0.5) is 0 Å². The molecule has 0 aliphatic rings. The summed E-state index contributed by atoms with van der Waals surface area (Å²) in [5.74, 6) is -0.880. The van der Waals surface area contributed by atoms with Crippen LogP contribution >= 0.6 is 0 Å². The molecule has 1 heterocycles. The molecule has 0 radical (unpaired) electrons. The van der Waals surface area contributed by atoms with Crippen molar-refractivity contribution in [3.8, 4) is 6.07 Å². The van der Waals surface area contributed by atoms with Crippen LogP contribution in [0, 0.1) is 18.3 Å². The van der Waals surface area contributed by atoms with Crippen molar-refractivity contribution in [2.45, 2.75) is 19.8 Å². The lowest BCUT2D eigenvalue weighted by Gasteiger charge is -2.11. The number of benzene rings is 2. The van der Waals surface area contributed by atoms with E-state index in [1.807, 2.05) is 67.6 Å². The van der Waals surface area contributed by atoms with E-state index in [1.165, 1.54) is 0 Å². The number of nitriles is 1. The molecular weight excluding hydrogens is 412 g/mol. The number of rotatable bonds is 9. The van der Waals surface area contributed by atoms with Gasteiger partial charge in [0.15, 0.2) is 0 Å². The molecule has 0 fully saturated rings. The Morgan fingerprint density at radius 1 is 0.909 bits per heavy atom. The first-order valence-corrected chi connectivity index (χ1v) is 10.9. The fraction of sp³-hybridized carbons (Fsp3) is 0.222. The van der Waals surface area contributed by atoms with E-state index >= 15 is 0 Å². The van der Waals surface area contributed by atoms with Crippen molar-refractivity contribution in [1.29, 1.82) is 5.26 Å². The van der Waals surface area contributed by atoms with Crippen molar-refractivity contribution < 1.29 is 9.59 Å². The number of nitrogens with one attached hydrogen (secondary N) is 2. The fourth-order valence-corrected chi connectivity index (χ4v) is 3.49. The molecule has 3 rings (SSSR count). The minimum Gasteiger partial charge on any atom is -0.352 e. The lowest BCUT2D eigenvalue weighted by molar-refractivity contribution is -0.123. The van der Waals surface area contributed by atoms with Crippen LogP contribution in [-0.2, 0) is 29.5 Å². The predicted octanol–water partition coefficient (Wildman–Crippen LogP) is 3.31. The van der Waals surface area contributed by atoms with Gasteiger partial charge in [0.2, 0.25) is 0 Å². The molecular formula is C27H28N4O2. The number of nitrogens with zero attached hydrogens (tertiary/aromatic N) is 2. The van der Waals surface area contributed by atoms with Crippen molar-refractivity contribution in [3.63, 3.8) is 0 Å². The van der Waals surface area contributed by atoms with E-state index in [0.29, 0.717) is 37.2 Å². The Balaban J connectivity index is 1.74. The number of carbonyl (C=O) groups is 2. The standard InChI is InChI=1S/C27H28N4O2/c1-20-23(17-24(19-28)31(20)2)18-25(26(32)29-15-13-21-9-5-3-6-10-21)27(33)30-16-14-22-11-7-4-8-12-22/h3-12,17-18H,13-16H2,1-2H3,(H,29,32)(H,30,33). The minimum absolute atomic E-state index is 0.0225. The second-order valence-corrected chi connectivity index (χ2v) is 7.78. The Morgan fingerprint density at radius 3 is 1.82 bits per heavy atom. The van der Waals surface area contributed by atoms with E-state index < -0.39 is 11.8 Å². The Kier molecular flexibility index (Phi) is 8.20. The lowest BCUT2D eigenvalue weighted by atomic mass is 10.1. The molecule has 6 nitrogen and oxygen atoms in total. The van der Waals surface area contributed by atoms with Gasteiger partial charge >= 0.3 is 0 Å². The largest absolute Gasteiger partial charge is 0.352 e. The van der Waals surface area contributed by atoms with Crippen molar-refractivity contribution in [3.05, 3.63) is 100 Å². The molecule has 0 saturated heterocycles. The molecule has 2 N–H and O–H groups in total. The Labute approximate surface area is 194 Å². The SMILES string of the molecule is Cc1c(C=C(C(=O)NCCc2ccccc2)C(=O)NCCc2ccccc2)cc(C#N)n1C. The van der Waals surface area contributed by atoms with Gasteiger partial charge in [-0.25, -0.2) is 0 Å². The van der Waals surface area contributed by atoms with E-state index in [0.717, 1.165) is 16.8 Å². The van der Waals surface area contributed by atoms with Gasteiger partial charge in [-0.05, 0) is 48.6 Å². The Morgan fingerprint density at radius 2 is 1.39 bits per heavy atom. The van der Waals surface area contributed by atoms with Crippen molar-refractivity contribution in [2.24, 2.45) is 7.05 Å². The zero-order chi connectivity index (χ0) is 23.6. The second-order valence-electron chi connectivity index (χ2n) is 7.78. The van der Waals surface area contributed by atoms with E-state index in [2.05, 4.69) is 16.7 Å². The van der Waals surface area contributed by atoms with Gasteiger partial charge < -0.3 is 15.2 Å². The molecule has 3 aromatic rings. The van der Waals surface area contributed by atoms with Gasteiger partial charge in [-0.2, -0.15) is 5.26 Å². The molecule has 6 heteroatoms. The normalized spacial score (nSPS) is 10.2. The number of amides is 2. The molecule has 0 bridgehead atoms. The first-order chi connectivity index (χ1) is 16.0. The van der Waals surface area contributed by atoms with Crippen LogP contribution < -0.4 is 10.6 Å². The van der Waals surface area contributed by atoms with Gasteiger partial charge in [-0.3, -0.25) is 9.59 Å². The van der Waals surface area contributed by atoms with E-state index in [9.17, 15) is 14.9 Å². The van der Waals surface area contributed by atoms with Gasteiger partial charge in [-0.1, -0.05) is 60.7 Å². The summed E-state index contributed by atoms with van der Waals surface area (Å²) in [6, 6.07) is 23.5. The molecule has 0 aliphatic heterocycles. The number of hydrogen-bond acceptors (Lipinski definition) is 3. The average Bonchev–Trinajstić information content (AvgIpc) is 3.11. The molecule has 0 saturated carbocycles. The summed E-state index contributed by atoms with van der Waals surface area (Å²) >= 11 is 0. The van der Waals surface area contributed by atoms with Gasteiger partial charge in [0.25, 0.3) is 11.8 Å². The molecule has 2 amide bonds. The fourth-order valence-electron chi connectivity index (χ4n) is 3.49. The smallest absolute Gasteiger partial charge is 0.256 e. The Bertz CT molecular complexity index is 1110. The van der Waals surface area contributed by atoms with Crippen LogP contribution in [0.25, 0.3) is 6.08 Å². The molecule has 1 aromatic heterocycles. The highest BCUT2D eigenvalue weighted by Crippen LogP contribution is 2.17. The van der Waals surface area contributed by atoms with Crippen LogP contribution in [0.5, 0.6) is 0 Å². The highest BCUT2D eigenvalue weighted by Gasteiger charge is 2.19. The first kappa shape index (κ1) is 23.6. The Hall–Kier alpha value is -4.11. The predicted molar refractivity (Wildman–Crippen MR) is 129 cm³/mol. The molecule has 0 atom stereocenters. The third-order valence-corrected chi connectivity index (χ3v) is 5.56. The van der Waals surface area contributed by atoms with Gasteiger partial charge in [0.1, 0.15) is 17.3 Å². The highest BCUT2D eigenvalue weighted by atomic mass is 16.2.